The Morgan fingerprint density at radius 1 is 0.750 bits per heavy atom. The first-order chi connectivity index (χ1) is 28.4. The van der Waals surface area contributed by atoms with E-state index in [1.807, 2.05) is 152 Å². The van der Waals surface area contributed by atoms with Gasteiger partial charge in [-0.15, -0.1) is 0 Å². The van der Waals surface area contributed by atoms with Crippen molar-refractivity contribution >= 4 is 23.9 Å². The summed E-state index contributed by atoms with van der Waals surface area (Å²) in [4.78, 5) is 62.9. The number of ether oxygens (including phenoxy) is 1. The first kappa shape index (κ1) is 45.3. The minimum Gasteiger partial charge on any atom is -0.453 e. The van der Waals surface area contributed by atoms with E-state index in [9.17, 15) is 24.3 Å². The largest absolute Gasteiger partial charge is 0.453 e. The Hall–Kier alpha value is -5.75. The van der Waals surface area contributed by atoms with Crippen LogP contribution in [-0.4, -0.2) is 94.3 Å². The summed E-state index contributed by atoms with van der Waals surface area (Å²) in [6.45, 7) is 14.6. The highest BCUT2D eigenvalue weighted by Gasteiger charge is 2.44. The van der Waals surface area contributed by atoms with Gasteiger partial charge in [0.1, 0.15) is 12.1 Å². The number of aliphatic hydroxyl groups excluding tert-OH is 1. The molecule has 0 saturated carbocycles. The first-order valence-electron chi connectivity index (χ1n) is 20.7. The molecule has 2 heterocycles. The highest BCUT2D eigenvalue weighted by atomic mass is 16.5. The van der Waals surface area contributed by atoms with Crippen LogP contribution in [0.3, 0.4) is 0 Å². The van der Waals surface area contributed by atoms with E-state index < -0.39 is 53.1 Å². The summed E-state index contributed by atoms with van der Waals surface area (Å²) in [5.41, 5.74) is 4.32. The number of pyridine rings is 1. The van der Waals surface area contributed by atoms with Crippen LogP contribution in [0.5, 0.6) is 0 Å². The van der Waals surface area contributed by atoms with E-state index >= 15 is 0 Å². The second-order valence-corrected chi connectivity index (χ2v) is 18.0. The minimum absolute atomic E-state index is 0.0631. The Morgan fingerprint density at radius 2 is 1.37 bits per heavy atom. The van der Waals surface area contributed by atoms with E-state index in [2.05, 4.69) is 20.9 Å². The molecule has 1 aliphatic rings. The van der Waals surface area contributed by atoms with Crippen LogP contribution in [0.1, 0.15) is 70.2 Å². The number of urea groups is 1. The van der Waals surface area contributed by atoms with Crippen LogP contribution in [0.25, 0.3) is 11.3 Å². The van der Waals surface area contributed by atoms with Crippen LogP contribution < -0.4 is 16.0 Å². The molecule has 320 valence electrons. The molecule has 1 saturated heterocycles. The number of methoxy groups -OCH3 is 1. The van der Waals surface area contributed by atoms with Crippen molar-refractivity contribution in [3.63, 3.8) is 0 Å². The second kappa shape index (κ2) is 20.0. The standard InChI is InChI=1S/C48H62N6O6/c1-32-19-24-38(49-30-32)36-22-20-34(21-23-36)27-37(50-43(56)41(47(2,3)4)52-45(58)60-8)29-40(55)39(28-33-15-11-9-12-16-33)51-44(57)42(48(5,6)7)54-26-25-53(46(54)59)31-35-17-13-10-14-18-35/h9-24,30,37,39-42,55H,25-29,31H2,1-8H3,(H,50,56)(H,51,57)(H,52,58). The molecule has 5 atom stereocenters. The molecule has 3 aromatic carbocycles. The summed E-state index contributed by atoms with van der Waals surface area (Å²) in [6, 6.07) is 27.8. The predicted octanol–water partition coefficient (Wildman–Crippen LogP) is 6.69. The van der Waals surface area contributed by atoms with Gasteiger partial charge >= 0.3 is 12.1 Å². The van der Waals surface area contributed by atoms with Gasteiger partial charge in [0.25, 0.3) is 0 Å². The topological polar surface area (TPSA) is 153 Å². The molecule has 0 aliphatic carbocycles. The number of carbonyl (C=O) groups is 4. The number of hydrogen-bond acceptors (Lipinski definition) is 7. The third-order valence-electron chi connectivity index (χ3n) is 10.9. The second-order valence-electron chi connectivity index (χ2n) is 18.0. The number of alkyl carbamates (subject to hydrolysis) is 1. The lowest BCUT2D eigenvalue weighted by atomic mass is 9.84. The van der Waals surface area contributed by atoms with Crippen molar-refractivity contribution in [3.8, 4) is 11.3 Å². The average molecular weight is 819 g/mol. The lowest BCUT2D eigenvalue weighted by molar-refractivity contribution is -0.131. The zero-order valence-electron chi connectivity index (χ0n) is 36.3. The number of carbonyl (C=O) groups excluding carboxylic acids is 4. The maximum absolute atomic E-state index is 14.6. The Kier molecular flexibility index (Phi) is 15.1. The molecular weight excluding hydrogens is 757 g/mol. The fraction of sp³-hybridized carbons (Fsp3) is 0.438. The third kappa shape index (κ3) is 12.4. The monoisotopic (exact) mass is 818 g/mol. The molecule has 12 heteroatoms. The number of benzene rings is 3. The highest BCUT2D eigenvalue weighted by Crippen LogP contribution is 2.29. The average Bonchev–Trinajstić information content (AvgIpc) is 3.54. The van der Waals surface area contributed by atoms with Gasteiger partial charge in [0.2, 0.25) is 11.8 Å². The van der Waals surface area contributed by atoms with Gasteiger partial charge < -0.3 is 35.6 Å². The molecule has 4 N–H and O–H groups in total. The van der Waals surface area contributed by atoms with Crippen molar-refractivity contribution < 1.29 is 29.0 Å². The normalized spacial score (nSPS) is 15.7. The number of rotatable bonds is 16. The van der Waals surface area contributed by atoms with Crippen LogP contribution in [0.2, 0.25) is 0 Å². The zero-order chi connectivity index (χ0) is 43.6. The van der Waals surface area contributed by atoms with Crippen molar-refractivity contribution in [3.05, 3.63) is 126 Å². The van der Waals surface area contributed by atoms with Gasteiger partial charge in [0, 0.05) is 37.4 Å². The van der Waals surface area contributed by atoms with Gasteiger partial charge in [-0.25, -0.2) is 9.59 Å². The number of aromatic nitrogens is 1. The summed E-state index contributed by atoms with van der Waals surface area (Å²) in [5, 5.41) is 21.2. The molecule has 0 bridgehead atoms. The summed E-state index contributed by atoms with van der Waals surface area (Å²) in [5.74, 6) is -0.803. The molecule has 1 aliphatic heterocycles. The predicted molar refractivity (Wildman–Crippen MR) is 234 cm³/mol. The third-order valence-corrected chi connectivity index (χ3v) is 10.9. The Morgan fingerprint density at radius 3 is 1.93 bits per heavy atom. The molecule has 0 radical (unpaired) electrons. The first-order valence-corrected chi connectivity index (χ1v) is 20.7. The summed E-state index contributed by atoms with van der Waals surface area (Å²) < 4.78 is 4.85. The molecular formula is C48H62N6O6. The fourth-order valence-corrected chi connectivity index (χ4v) is 7.73. The molecule has 5 rings (SSSR count). The molecule has 12 nitrogen and oxygen atoms in total. The van der Waals surface area contributed by atoms with Crippen molar-refractivity contribution in [1.82, 2.24) is 30.7 Å². The van der Waals surface area contributed by atoms with Crippen LogP contribution >= 0.6 is 0 Å². The van der Waals surface area contributed by atoms with Crippen molar-refractivity contribution in [2.45, 2.75) is 105 Å². The number of hydrogen-bond donors (Lipinski definition) is 4. The quantitative estimate of drug-likeness (QED) is 0.0984. The van der Waals surface area contributed by atoms with E-state index in [-0.39, 0.29) is 18.4 Å². The number of nitrogens with one attached hydrogen (secondary N) is 3. The van der Waals surface area contributed by atoms with E-state index in [1.54, 1.807) is 9.80 Å². The van der Waals surface area contributed by atoms with Gasteiger partial charge in [-0.2, -0.15) is 0 Å². The smallest absolute Gasteiger partial charge is 0.407 e. The fourth-order valence-electron chi connectivity index (χ4n) is 7.73. The SMILES string of the molecule is COC(=O)NC(C(=O)NC(Cc1ccc(-c2ccc(C)cn2)cc1)CC(O)C(Cc1ccccc1)NC(=O)C(N1CCN(Cc2ccccc2)C1=O)C(C)(C)C)C(C)(C)C. The Labute approximate surface area is 355 Å². The molecule has 60 heavy (non-hydrogen) atoms. The van der Waals surface area contributed by atoms with E-state index in [0.29, 0.717) is 32.5 Å². The molecule has 4 aromatic rings. The maximum Gasteiger partial charge on any atom is 0.407 e. The zero-order valence-corrected chi connectivity index (χ0v) is 36.3. The molecule has 5 unspecified atom stereocenters. The maximum atomic E-state index is 14.6. The number of aryl methyl sites for hydroxylation is 1. The van der Waals surface area contributed by atoms with Gasteiger partial charge in [-0.3, -0.25) is 14.6 Å². The van der Waals surface area contributed by atoms with Crippen molar-refractivity contribution in [2.75, 3.05) is 20.2 Å². The van der Waals surface area contributed by atoms with Gasteiger partial charge in [0.05, 0.1) is 24.9 Å². The van der Waals surface area contributed by atoms with Gasteiger partial charge in [-0.1, -0.05) is 133 Å². The van der Waals surface area contributed by atoms with E-state index in [4.69, 9.17) is 4.74 Å². The Bertz CT molecular complexity index is 2030. The highest BCUT2D eigenvalue weighted by molar-refractivity contribution is 5.89. The number of aliphatic hydroxyl groups is 1. The summed E-state index contributed by atoms with van der Waals surface area (Å²) in [7, 11) is 1.24. The molecule has 1 fully saturated rings. The van der Waals surface area contributed by atoms with E-state index in [0.717, 1.165) is 33.5 Å². The van der Waals surface area contributed by atoms with Gasteiger partial charge in [-0.05, 0) is 65.3 Å². The number of nitrogens with zero attached hydrogens (tertiary/aromatic N) is 3. The van der Waals surface area contributed by atoms with Crippen LogP contribution in [0.15, 0.2) is 103 Å². The van der Waals surface area contributed by atoms with Crippen LogP contribution in [0, 0.1) is 17.8 Å². The van der Waals surface area contributed by atoms with Crippen molar-refractivity contribution in [2.24, 2.45) is 10.8 Å². The van der Waals surface area contributed by atoms with E-state index in [1.165, 1.54) is 7.11 Å². The van der Waals surface area contributed by atoms with Crippen molar-refractivity contribution in [1.29, 1.82) is 0 Å². The molecule has 1 aromatic heterocycles. The van der Waals surface area contributed by atoms with Crippen LogP contribution in [-0.2, 0) is 33.7 Å². The van der Waals surface area contributed by atoms with Crippen LogP contribution in [0.4, 0.5) is 9.59 Å². The Balaban J connectivity index is 1.42. The summed E-state index contributed by atoms with van der Waals surface area (Å²) >= 11 is 0. The summed E-state index contributed by atoms with van der Waals surface area (Å²) in [6.07, 6.45) is 0.652. The van der Waals surface area contributed by atoms with Gasteiger partial charge in [0.15, 0.2) is 0 Å². The molecule has 5 amide bonds. The molecule has 0 spiro atoms. The minimum atomic E-state index is -1.14. The lowest BCUT2D eigenvalue weighted by Crippen LogP contribution is -2.59. The lowest BCUT2D eigenvalue weighted by Gasteiger charge is -2.38. The number of amides is 5.